The van der Waals surface area contributed by atoms with Gasteiger partial charge in [-0.2, -0.15) is 0 Å². The fourth-order valence-corrected chi connectivity index (χ4v) is 5.64. The quantitative estimate of drug-likeness (QED) is 0.842. The molecule has 5 nitrogen and oxygen atoms in total. The highest BCUT2D eigenvalue weighted by Gasteiger charge is 2.32. The number of fused-ring (bicyclic) bond motifs is 1. The molecule has 27 heavy (non-hydrogen) atoms. The minimum Gasteiger partial charge on any atom is -0.354 e. The zero-order chi connectivity index (χ0) is 18.8. The highest BCUT2D eigenvalue weighted by Crippen LogP contribution is 2.37. The maximum atomic E-state index is 12.6. The Balaban J connectivity index is 1.27. The summed E-state index contributed by atoms with van der Waals surface area (Å²) in [7, 11) is 0. The van der Waals surface area contributed by atoms with Gasteiger partial charge in [0.15, 0.2) is 0 Å². The Kier molecular flexibility index (Phi) is 5.43. The molecule has 144 valence electrons. The SMILES string of the molecule is CC(=O)NC1CCC(C(=O)N[C@H]2CC[C@H](c3nc4ccccc4s3)CC2)C1. The first-order valence-corrected chi connectivity index (χ1v) is 10.8. The third-order valence-corrected chi connectivity index (χ3v) is 7.14. The molecule has 2 aliphatic carbocycles. The predicted octanol–water partition coefficient (Wildman–Crippen LogP) is 3.74. The van der Waals surface area contributed by atoms with Crippen molar-refractivity contribution in [2.24, 2.45) is 5.92 Å². The lowest BCUT2D eigenvalue weighted by atomic mass is 9.86. The largest absolute Gasteiger partial charge is 0.354 e. The third-order valence-electron chi connectivity index (χ3n) is 5.94. The molecule has 2 unspecified atom stereocenters. The number of thiazole rings is 1. The lowest BCUT2D eigenvalue weighted by Crippen LogP contribution is -2.40. The molecule has 0 spiro atoms. The van der Waals surface area contributed by atoms with E-state index in [0.29, 0.717) is 5.92 Å². The molecule has 2 N–H and O–H groups in total. The van der Waals surface area contributed by atoms with Crippen molar-refractivity contribution in [3.8, 4) is 0 Å². The lowest BCUT2D eigenvalue weighted by Gasteiger charge is -2.29. The second kappa shape index (κ2) is 7.97. The van der Waals surface area contributed by atoms with Gasteiger partial charge in [0.1, 0.15) is 0 Å². The topological polar surface area (TPSA) is 71.1 Å². The fourth-order valence-electron chi connectivity index (χ4n) is 4.51. The van der Waals surface area contributed by atoms with Crippen molar-refractivity contribution < 1.29 is 9.59 Å². The second-order valence-electron chi connectivity index (χ2n) is 7.98. The highest BCUT2D eigenvalue weighted by atomic mass is 32.1. The van der Waals surface area contributed by atoms with Gasteiger partial charge in [-0.1, -0.05) is 12.1 Å². The van der Waals surface area contributed by atoms with Crippen molar-refractivity contribution >= 4 is 33.4 Å². The summed E-state index contributed by atoms with van der Waals surface area (Å²) in [6.07, 6.45) is 6.77. The van der Waals surface area contributed by atoms with E-state index in [1.54, 1.807) is 0 Å². The summed E-state index contributed by atoms with van der Waals surface area (Å²) in [6, 6.07) is 8.76. The maximum absolute atomic E-state index is 12.6. The van der Waals surface area contributed by atoms with Gasteiger partial charge in [-0.15, -0.1) is 11.3 Å². The van der Waals surface area contributed by atoms with Crippen molar-refractivity contribution in [1.82, 2.24) is 15.6 Å². The van der Waals surface area contributed by atoms with Crippen LogP contribution < -0.4 is 10.6 Å². The Morgan fingerprint density at radius 1 is 1.00 bits per heavy atom. The molecular weight excluding hydrogens is 358 g/mol. The number of para-hydroxylation sites is 1. The molecule has 1 aromatic carbocycles. The third kappa shape index (κ3) is 4.32. The molecule has 2 aromatic rings. The first-order chi connectivity index (χ1) is 13.1. The van der Waals surface area contributed by atoms with Gasteiger partial charge in [-0.25, -0.2) is 4.98 Å². The van der Waals surface area contributed by atoms with E-state index in [1.165, 1.54) is 16.6 Å². The highest BCUT2D eigenvalue weighted by molar-refractivity contribution is 7.18. The van der Waals surface area contributed by atoms with Gasteiger partial charge in [0.2, 0.25) is 11.8 Å². The number of benzene rings is 1. The van der Waals surface area contributed by atoms with E-state index in [-0.39, 0.29) is 29.8 Å². The van der Waals surface area contributed by atoms with E-state index in [0.717, 1.165) is 50.5 Å². The summed E-state index contributed by atoms with van der Waals surface area (Å²) in [6.45, 7) is 1.54. The van der Waals surface area contributed by atoms with Gasteiger partial charge in [0, 0.05) is 30.8 Å². The van der Waals surface area contributed by atoms with Crippen molar-refractivity contribution in [1.29, 1.82) is 0 Å². The smallest absolute Gasteiger partial charge is 0.223 e. The van der Waals surface area contributed by atoms with Gasteiger partial charge in [-0.05, 0) is 57.1 Å². The molecule has 2 saturated carbocycles. The molecule has 4 rings (SSSR count). The van der Waals surface area contributed by atoms with E-state index in [2.05, 4.69) is 28.8 Å². The number of carbonyl (C=O) groups is 2. The summed E-state index contributed by atoms with van der Waals surface area (Å²) in [5, 5.41) is 7.45. The molecule has 2 aliphatic rings. The number of carbonyl (C=O) groups excluding carboxylic acids is 2. The molecule has 2 fully saturated rings. The van der Waals surface area contributed by atoms with Crippen molar-refractivity contribution in [2.45, 2.75) is 69.9 Å². The number of rotatable bonds is 4. The fraction of sp³-hybridized carbons (Fsp3) is 0.571. The monoisotopic (exact) mass is 385 g/mol. The minimum absolute atomic E-state index is 0.00534. The second-order valence-corrected chi connectivity index (χ2v) is 9.05. The van der Waals surface area contributed by atoms with E-state index in [9.17, 15) is 9.59 Å². The van der Waals surface area contributed by atoms with E-state index in [4.69, 9.17) is 4.98 Å². The molecule has 6 heteroatoms. The molecule has 1 aromatic heterocycles. The molecule has 2 amide bonds. The molecule has 0 aliphatic heterocycles. The average molecular weight is 386 g/mol. The Bertz CT molecular complexity index is 793. The summed E-state index contributed by atoms with van der Waals surface area (Å²) in [5.41, 5.74) is 1.10. The molecule has 1 heterocycles. The predicted molar refractivity (Wildman–Crippen MR) is 108 cm³/mol. The zero-order valence-corrected chi connectivity index (χ0v) is 16.6. The molecule has 0 radical (unpaired) electrons. The normalized spacial score (nSPS) is 28.2. The van der Waals surface area contributed by atoms with Crippen LogP contribution in [0.5, 0.6) is 0 Å². The van der Waals surface area contributed by atoms with Crippen molar-refractivity contribution in [3.63, 3.8) is 0 Å². The van der Waals surface area contributed by atoms with Crippen LogP contribution in [0, 0.1) is 5.92 Å². The van der Waals surface area contributed by atoms with Crippen LogP contribution in [0.25, 0.3) is 10.2 Å². The van der Waals surface area contributed by atoms with Crippen LogP contribution in [0.15, 0.2) is 24.3 Å². The van der Waals surface area contributed by atoms with Crippen LogP contribution in [-0.2, 0) is 9.59 Å². The van der Waals surface area contributed by atoms with Crippen molar-refractivity contribution in [3.05, 3.63) is 29.3 Å². The molecule has 0 bridgehead atoms. The first-order valence-electron chi connectivity index (χ1n) is 10.0. The Morgan fingerprint density at radius 2 is 1.74 bits per heavy atom. The number of nitrogens with one attached hydrogen (secondary N) is 2. The maximum Gasteiger partial charge on any atom is 0.223 e. The number of hydrogen-bond donors (Lipinski definition) is 2. The standard InChI is InChI=1S/C21H27N3O2S/c1-13(25)22-17-11-8-15(12-17)20(26)23-16-9-6-14(7-10-16)21-24-18-4-2-3-5-19(18)27-21/h2-5,14-17H,6-12H2,1H3,(H,22,25)(H,23,26)/t14-,15?,16-,17?. The number of aromatic nitrogens is 1. The first kappa shape index (κ1) is 18.4. The number of nitrogens with zero attached hydrogens (tertiary/aromatic N) is 1. The van der Waals surface area contributed by atoms with E-state index >= 15 is 0 Å². The van der Waals surface area contributed by atoms with Crippen molar-refractivity contribution in [2.75, 3.05) is 0 Å². The Labute approximate surface area is 163 Å². The molecular formula is C21H27N3O2S. The Hall–Kier alpha value is -1.95. The number of hydrogen-bond acceptors (Lipinski definition) is 4. The number of amides is 2. The van der Waals surface area contributed by atoms with Gasteiger partial charge >= 0.3 is 0 Å². The summed E-state index contributed by atoms with van der Waals surface area (Å²) in [5.74, 6) is 0.732. The zero-order valence-electron chi connectivity index (χ0n) is 15.7. The van der Waals surface area contributed by atoms with E-state index in [1.807, 2.05) is 17.4 Å². The van der Waals surface area contributed by atoms with Gasteiger partial charge in [-0.3, -0.25) is 9.59 Å². The van der Waals surface area contributed by atoms with Crippen LogP contribution in [-0.4, -0.2) is 28.9 Å². The Morgan fingerprint density at radius 3 is 2.48 bits per heavy atom. The summed E-state index contributed by atoms with van der Waals surface area (Å²) < 4.78 is 1.26. The van der Waals surface area contributed by atoms with Crippen LogP contribution in [0.3, 0.4) is 0 Å². The minimum atomic E-state index is -0.00534. The molecule has 2 atom stereocenters. The van der Waals surface area contributed by atoms with Gasteiger partial charge < -0.3 is 10.6 Å². The van der Waals surface area contributed by atoms with Crippen LogP contribution in [0.2, 0.25) is 0 Å². The molecule has 0 saturated heterocycles. The average Bonchev–Trinajstić information content (AvgIpc) is 3.28. The lowest BCUT2D eigenvalue weighted by molar-refractivity contribution is -0.126. The van der Waals surface area contributed by atoms with Gasteiger partial charge in [0.05, 0.1) is 15.2 Å². The van der Waals surface area contributed by atoms with Crippen LogP contribution in [0.4, 0.5) is 0 Å². The summed E-state index contributed by atoms with van der Waals surface area (Å²) in [4.78, 5) is 28.6. The van der Waals surface area contributed by atoms with Crippen LogP contribution >= 0.6 is 11.3 Å². The summed E-state index contributed by atoms with van der Waals surface area (Å²) >= 11 is 1.81. The van der Waals surface area contributed by atoms with Gasteiger partial charge in [0.25, 0.3) is 0 Å². The van der Waals surface area contributed by atoms with E-state index < -0.39 is 0 Å². The van der Waals surface area contributed by atoms with Crippen LogP contribution in [0.1, 0.15) is 62.8 Å².